The number of hydrogen-bond donors (Lipinski definition) is 2. The zero-order valence-electron chi connectivity index (χ0n) is 36.1. The summed E-state index contributed by atoms with van der Waals surface area (Å²) < 4.78 is 38.1. The summed E-state index contributed by atoms with van der Waals surface area (Å²) in [4.78, 5) is 69.7. The summed E-state index contributed by atoms with van der Waals surface area (Å²) in [6, 6.07) is 13.3. The van der Waals surface area contributed by atoms with Gasteiger partial charge in [-0.25, -0.2) is 14.5 Å². The van der Waals surface area contributed by atoms with E-state index in [2.05, 4.69) is 17.2 Å². The second-order valence-corrected chi connectivity index (χ2v) is 15.6. The van der Waals surface area contributed by atoms with Gasteiger partial charge in [0.1, 0.15) is 18.0 Å². The van der Waals surface area contributed by atoms with Crippen molar-refractivity contribution in [2.75, 3.05) is 56.1 Å². The fraction of sp³-hybridized carbons (Fsp3) is 0.413. The number of benzene rings is 2. The first-order valence-electron chi connectivity index (χ1n) is 21.1. The Bertz CT molecular complexity index is 2330. The summed E-state index contributed by atoms with van der Waals surface area (Å²) in [5.41, 5.74) is 3.94. The monoisotopic (exact) mass is 866 g/mol. The number of piperidine rings is 1. The lowest BCUT2D eigenvalue weighted by Crippen LogP contribution is -2.57. The molecule has 0 radical (unpaired) electrons. The number of hydrogen-bond acceptors (Lipinski definition) is 11. The van der Waals surface area contributed by atoms with E-state index in [0.717, 1.165) is 36.8 Å². The molecule has 0 saturated carbocycles. The predicted octanol–water partition coefficient (Wildman–Crippen LogP) is 6.88. The van der Waals surface area contributed by atoms with Gasteiger partial charge in [-0.2, -0.15) is 0 Å². The zero-order valence-corrected chi connectivity index (χ0v) is 36.1. The zero-order chi connectivity index (χ0) is 44.6. The molecule has 2 aromatic carbocycles. The molecule has 2 N–H and O–H groups in total. The molecule has 63 heavy (non-hydrogen) atoms. The largest absolute Gasteiger partial charge is 0.493 e. The highest BCUT2D eigenvalue weighted by atomic mass is 16.7. The average Bonchev–Trinajstić information content (AvgIpc) is 3.85. The number of nitrogens with one attached hydrogen (secondary N) is 2. The minimum Gasteiger partial charge on any atom is -0.493 e. The van der Waals surface area contributed by atoms with Gasteiger partial charge in [-0.15, -0.1) is 0 Å². The highest BCUT2D eigenvalue weighted by Gasteiger charge is 2.47. The lowest BCUT2D eigenvalue weighted by Gasteiger charge is -2.42. The number of aromatic nitrogens is 2. The number of methoxy groups -OCH3 is 2. The van der Waals surface area contributed by atoms with Crippen LogP contribution in [0.3, 0.4) is 0 Å². The van der Waals surface area contributed by atoms with E-state index in [1.165, 1.54) is 25.2 Å². The Labute approximate surface area is 365 Å². The number of carbonyl (C=O) groups excluding carboxylic acids is 5. The van der Waals surface area contributed by atoms with Crippen LogP contribution in [0.25, 0.3) is 11.1 Å². The van der Waals surface area contributed by atoms with Crippen molar-refractivity contribution in [1.29, 1.82) is 0 Å². The first kappa shape index (κ1) is 44.5. The molecule has 3 atom stereocenters. The molecule has 4 amide bonds. The van der Waals surface area contributed by atoms with Gasteiger partial charge in [0.25, 0.3) is 11.8 Å². The molecular formula is C46H54N6O11. The smallest absolute Gasteiger partial charge is 0.416 e. The van der Waals surface area contributed by atoms with Crippen LogP contribution in [0, 0.1) is 0 Å². The molecule has 5 heterocycles. The number of esters is 1. The first-order valence-corrected chi connectivity index (χ1v) is 21.1. The topological polar surface area (TPSA) is 181 Å². The number of fused-ring (bicyclic) bond motifs is 2. The molecule has 334 valence electrons. The van der Waals surface area contributed by atoms with Gasteiger partial charge >= 0.3 is 12.1 Å². The minimum absolute atomic E-state index is 0.0497. The third-order valence-electron chi connectivity index (χ3n) is 11.3. The van der Waals surface area contributed by atoms with E-state index < -0.39 is 30.6 Å². The molecule has 1 unspecified atom stereocenters. The third-order valence-corrected chi connectivity index (χ3v) is 11.3. The minimum atomic E-state index is -0.901. The van der Waals surface area contributed by atoms with Gasteiger partial charge in [0, 0.05) is 63.4 Å². The predicted molar refractivity (Wildman–Crippen MR) is 233 cm³/mol. The summed E-state index contributed by atoms with van der Waals surface area (Å²) in [6.07, 6.45) is 7.94. The Morgan fingerprint density at radius 1 is 0.873 bits per heavy atom. The second-order valence-electron chi connectivity index (χ2n) is 15.6. The highest BCUT2D eigenvalue weighted by Crippen LogP contribution is 2.42. The number of anilines is 3. The highest BCUT2D eigenvalue weighted by molar-refractivity contribution is 6.06. The summed E-state index contributed by atoms with van der Waals surface area (Å²) in [6.45, 7) is 4.77. The van der Waals surface area contributed by atoms with Crippen molar-refractivity contribution >= 4 is 46.8 Å². The van der Waals surface area contributed by atoms with Crippen molar-refractivity contribution < 1.29 is 52.4 Å². The van der Waals surface area contributed by atoms with Gasteiger partial charge in [-0.1, -0.05) is 24.8 Å². The Morgan fingerprint density at radius 2 is 1.65 bits per heavy atom. The molecular weight excluding hydrogens is 813 g/mol. The Morgan fingerprint density at radius 3 is 2.38 bits per heavy atom. The summed E-state index contributed by atoms with van der Waals surface area (Å²) >= 11 is 0. The van der Waals surface area contributed by atoms with Crippen LogP contribution < -0.4 is 25.0 Å². The van der Waals surface area contributed by atoms with E-state index in [-0.39, 0.29) is 60.1 Å². The lowest BCUT2D eigenvalue weighted by atomic mass is 10.00. The molecule has 3 aliphatic heterocycles. The quantitative estimate of drug-likeness (QED) is 0.0722. The molecule has 17 nitrogen and oxygen atoms in total. The SMILES string of the molecule is C=CCOC(=O)N1c2cc(OCCCC(=O)Nc3cc(C(=O)Nc4ccc(-c5cc(C(=O)OC)n(C)c5)cc4)n(C)c3)c(OC)cc2C(=O)N2CCCC[C@H]2[C@@H]1OC1CCCCO1. The molecule has 7 rings (SSSR count). The van der Waals surface area contributed by atoms with E-state index in [1.807, 2.05) is 18.3 Å². The van der Waals surface area contributed by atoms with Crippen molar-refractivity contribution in [3.63, 3.8) is 0 Å². The second kappa shape index (κ2) is 20.1. The molecule has 2 aromatic heterocycles. The van der Waals surface area contributed by atoms with E-state index in [1.54, 1.807) is 70.7 Å². The van der Waals surface area contributed by atoms with Crippen LogP contribution in [0.4, 0.5) is 21.9 Å². The number of aryl methyl sites for hydroxylation is 2. The van der Waals surface area contributed by atoms with Gasteiger partial charge in [0.15, 0.2) is 24.0 Å². The number of carbonyl (C=O) groups is 5. The lowest BCUT2D eigenvalue weighted by molar-refractivity contribution is -0.198. The number of ether oxygens (including phenoxy) is 6. The van der Waals surface area contributed by atoms with E-state index in [9.17, 15) is 24.0 Å². The number of nitrogens with zero attached hydrogens (tertiary/aromatic N) is 4. The summed E-state index contributed by atoms with van der Waals surface area (Å²) in [5, 5.41) is 5.74. The van der Waals surface area contributed by atoms with E-state index in [4.69, 9.17) is 28.4 Å². The average molecular weight is 867 g/mol. The van der Waals surface area contributed by atoms with E-state index >= 15 is 0 Å². The standard InChI is InChI=1S/C46H54N6O11/c1-6-20-62-46(57)52-35-26-39(38(58-4)25-33(35)43(55)51-19-9-7-12-34(51)44(52)63-41-14-8-10-21-61-41)60-22-11-13-40(53)47-32-24-36(50(3)28-32)42(54)48-31-17-15-29(16-18-31)30-23-37(45(56)59-5)49(2)27-30/h6,15-18,23-28,34,41,44H,1,7-14,19-22H2,2-5H3,(H,47,53)(H,48,54)/t34-,41?,44-/m0/s1. The Hall–Kier alpha value is -6.59. The Balaban J connectivity index is 0.994. The summed E-state index contributed by atoms with van der Waals surface area (Å²) in [7, 11) is 6.28. The molecule has 0 aliphatic carbocycles. The molecule has 0 spiro atoms. The summed E-state index contributed by atoms with van der Waals surface area (Å²) in [5.74, 6) is -0.805. The molecule has 2 fully saturated rings. The van der Waals surface area contributed by atoms with Crippen LogP contribution in [0.2, 0.25) is 0 Å². The van der Waals surface area contributed by atoms with Crippen LogP contribution >= 0.6 is 0 Å². The maximum absolute atomic E-state index is 14.3. The van der Waals surface area contributed by atoms with Gasteiger partial charge in [-0.05, 0) is 80.8 Å². The fourth-order valence-corrected chi connectivity index (χ4v) is 8.16. The molecule has 3 aliphatic rings. The van der Waals surface area contributed by atoms with Gasteiger partial charge in [-0.3, -0.25) is 14.4 Å². The van der Waals surface area contributed by atoms with Crippen molar-refractivity contribution in [1.82, 2.24) is 14.0 Å². The molecule has 2 saturated heterocycles. The van der Waals surface area contributed by atoms with Crippen molar-refractivity contribution in [2.45, 2.75) is 69.9 Å². The van der Waals surface area contributed by atoms with Crippen molar-refractivity contribution in [2.24, 2.45) is 14.1 Å². The molecule has 0 bridgehead atoms. The molecule has 4 aromatic rings. The number of amides is 4. The molecule has 17 heteroatoms. The van der Waals surface area contributed by atoms with Crippen molar-refractivity contribution in [3.8, 4) is 22.6 Å². The van der Waals surface area contributed by atoms with Crippen molar-refractivity contribution in [3.05, 3.63) is 90.5 Å². The van der Waals surface area contributed by atoms with E-state index in [0.29, 0.717) is 55.2 Å². The third kappa shape index (κ3) is 10.1. The van der Waals surface area contributed by atoms with Gasteiger partial charge in [0.2, 0.25) is 5.91 Å². The van der Waals surface area contributed by atoms with Crippen LogP contribution in [0.1, 0.15) is 82.7 Å². The van der Waals surface area contributed by atoms with Crippen LogP contribution in [0.15, 0.2) is 73.6 Å². The Kier molecular flexibility index (Phi) is 14.2. The van der Waals surface area contributed by atoms with Crippen LogP contribution in [-0.4, -0.2) is 103 Å². The van der Waals surface area contributed by atoms with Gasteiger partial charge < -0.3 is 53.1 Å². The maximum Gasteiger partial charge on any atom is 0.416 e. The van der Waals surface area contributed by atoms with Crippen LogP contribution in [0.5, 0.6) is 11.5 Å². The maximum atomic E-state index is 14.3. The number of rotatable bonds is 15. The van der Waals surface area contributed by atoms with Gasteiger partial charge in [0.05, 0.1) is 43.8 Å². The normalized spacial score (nSPS) is 18.3. The fourth-order valence-electron chi connectivity index (χ4n) is 8.16. The van der Waals surface area contributed by atoms with Crippen LogP contribution in [-0.2, 0) is 37.8 Å². The first-order chi connectivity index (χ1) is 30.5.